The summed E-state index contributed by atoms with van der Waals surface area (Å²) < 4.78 is 34.1. The van der Waals surface area contributed by atoms with Crippen molar-refractivity contribution in [2.45, 2.75) is 18.4 Å². The predicted molar refractivity (Wildman–Crippen MR) is 160 cm³/mol. The highest BCUT2D eigenvalue weighted by atomic mass is 35.5. The maximum atomic E-state index is 13.7. The monoisotopic (exact) mass is 588 g/mol. The summed E-state index contributed by atoms with van der Waals surface area (Å²) in [6.45, 7) is 3.31. The number of methoxy groups -OCH3 is 1. The summed E-state index contributed by atoms with van der Waals surface area (Å²) in [6, 6.07) is 19.4. The third-order valence-corrected chi connectivity index (χ3v) is 9.25. The van der Waals surface area contributed by atoms with Crippen molar-refractivity contribution < 1.29 is 17.9 Å². The van der Waals surface area contributed by atoms with Gasteiger partial charge in [-0.1, -0.05) is 47.7 Å². The van der Waals surface area contributed by atoms with Crippen LogP contribution in [0.4, 0.5) is 5.13 Å². The Morgan fingerprint density at radius 3 is 2.23 bits per heavy atom. The van der Waals surface area contributed by atoms with Crippen molar-refractivity contribution in [3.8, 4) is 5.75 Å². The quantitative estimate of drug-likeness (QED) is 0.257. The standard InChI is InChI=1S/C28H32N4O4S2.ClH/c1-20-11-16-24(36-5)25-26(20)37-28(29-25)32(18-17-30(2)3)27(33)22-12-14-23(15-13-22)38(34,35)31(4)19-21-9-7-6-8-10-21;/h6-16H,17-19H2,1-5H3;1H. The van der Waals surface area contributed by atoms with Crippen LogP contribution in [-0.4, -0.2) is 69.9 Å². The number of hydrogen-bond acceptors (Lipinski definition) is 7. The Morgan fingerprint density at radius 2 is 1.62 bits per heavy atom. The number of halogens is 1. The van der Waals surface area contributed by atoms with Gasteiger partial charge in [0.25, 0.3) is 5.91 Å². The second kappa shape index (κ2) is 12.9. The highest BCUT2D eigenvalue weighted by molar-refractivity contribution is 7.89. The van der Waals surface area contributed by atoms with Gasteiger partial charge in [-0.3, -0.25) is 9.69 Å². The number of carbonyl (C=O) groups excluding carboxylic acids is 1. The maximum Gasteiger partial charge on any atom is 0.260 e. The molecule has 39 heavy (non-hydrogen) atoms. The van der Waals surface area contributed by atoms with E-state index in [0.717, 1.165) is 21.3 Å². The minimum absolute atomic E-state index is 0. The summed E-state index contributed by atoms with van der Waals surface area (Å²) in [4.78, 5) is 22.2. The maximum absolute atomic E-state index is 13.7. The van der Waals surface area contributed by atoms with E-state index in [1.165, 1.54) is 27.8 Å². The molecule has 11 heteroatoms. The highest BCUT2D eigenvalue weighted by Crippen LogP contribution is 2.37. The Labute approximate surface area is 240 Å². The van der Waals surface area contributed by atoms with E-state index in [-0.39, 0.29) is 29.8 Å². The fourth-order valence-electron chi connectivity index (χ4n) is 3.99. The number of aromatic nitrogens is 1. The van der Waals surface area contributed by atoms with Crippen molar-refractivity contribution in [1.82, 2.24) is 14.2 Å². The largest absolute Gasteiger partial charge is 0.494 e. The van der Waals surface area contributed by atoms with E-state index in [9.17, 15) is 13.2 Å². The van der Waals surface area contributed by atoms with Crippen molar-refractivity contribution in [3.05, 3.63) is 83.4 Å². The lowest BCUT2D eigenvalue weighted by molar-refractivity contribution is 0.0985. The van der Waals surface area contributed by atoms with E-state index in [1.807, 2.05) is 68.4 Å². The molecule has 4 rings (SSSR count). The van der Waals surface area contributed by atoms with E-state index in [1.54, 1.807) is 31.2 Å². The fourth-order valence-corrected chi connectivity index (χ4v) is 6.23. The van der Waals surface area contributed by atoms with Gasteiger partial charge in [0.15, 0.2) is 5.13 Å². The summed E-state index contributed by atoms with van der Waals surface area (Å²) in [7, 11) is 3.31. The Hall–Kier alpha value is -3.02. The number of aryl methyl sites for hydroxylation is 1. The lowest BCUT2D eigenvalue weighted by Gasteiger charge is -2.22. The van der Waals surface area contributed by atoms with Crippen LogP contribution < -0.4 is 9.64 Å². The van der Waals surface area contributed by atoms with E-state index in [2.05, 4.69) is 0 Å². The van der Waals surface area contributed by atoms with Gasteiger partial charge in [-0.15, -0.1) is 12.4 Å². The predicted octanol–water partition coefficient (Wildman–Crippen LogP) is 5.06. The minimum atomic E-state index is -3.73. The summed E-state index contributed by atoms with van der Waals surface area (Å²) in [5, 5.41) is 0.568. The molecule has 1 heterocycles. The molecule has 8 nitrogen and oxygen atoms in total. The van der Waals surface area contributed by atoms with E-state index < -0.39 is 10.0 Å². The first-order valence-corrected chi connectivity index (χ1v) is 14.4. The zero-order valence-corrected chi connectivity index (χ0v) is 25.1. The summed E-state index contributed by atoms with van der Waals surface area (Å²) >= 11 is 1.44. The van der Waals surface area contributed by atoms with Crippen LogP contribution in [0.3, 0.4) is 0 Å². The molecule has 0 aliphatic heterocycles. The highest BCUT2D eigenvalue weighted by Gasteiger charge is 2.25. The van der Waals surface area contributed by atoms with Crippen LogP contribution in [-0.2, 0) is 16.6 Å². The van der Waals surface area contributed by atoms with Crippen molar-refractivity contribution in [2.75, 3.05) is 46.2 Å². The molecule has 0 aliphatic rings. The number of rotatable bonds is 10. The number of fused-ring (bicyclic) bond motifs is 1. The number of thiazole rings is 1. The number of ether oxygens (including phenoxy) is 1. The summed E-state index contributed by atoms with van der Waals surface area (Å²) in [6.07, 6.45) is 0. The number of carbonyl (C=O) groups is 1. The van der Waals surface area contributed by atoms with Crippen LogP contribution in [0.1, 0.15) is 21.5 Å². The van der Waals surface area contributed by atoms with Crippen molar-refractivity contribution >= 4 is 55.0 Å². The molecular weight excluding hydrogens is 556 g/mol. The van der Waals surface area contributed by atoms with Crippen LogP contribution in [0, 0.1) is 6.92 Å². The molecule has 0 aliphatic carbocycles. The molecule has 4 aromatic rings. The molecule has 0 N–H and O–H groups in total. The van der Waals surface area contributed by atoms with Crippen LogP contribution >= 0.6 is 23.7 Å². The first-order chi connectivity index (χ1) is 18.1. The van der Waals surface area contributed by atoms with Gasteiger partial charge in [-0.25, -0.2) is 13.4 Å². The number of sulfonamides is 1. The molecule has 0 unspecified atom stereocenters. The average molecular weight is 589 g/mol. The van der Waals surface area contributed by atoms with Crippen molar-refractivity contribution in [3.63, 3.8) is 0 Å². The zero-order valence-electron chi connectivity index (χ0n) is 22.6. The number of anilines is 1. The lowest BCUT2D eigenvalue weighted by Crippen LogP contribution is -2.36. The number of nitrogens with zero attached hydrogens (tertiary/aromatic N) is 4. The van der Waals surface area contributed by atoms with Crippen molar-refractivity contribution in [1.29, 1.82) is 0 Å². The van der Waals surface area contributed by atoms with Gasteiger partial charge in [0.2, 0.25) is 10.0 Å². The summed E-state index contributed by atoms with van der Waals surface area (Å²) in [5.41, 5.74) is 3.05. The normalized spacial score (nSPS) is 11.6. The number of benzene rings is 3. The van der Waals surface area contributed by atoms with Gasteiger partial charge in [0, 0.05) is 32.2 Å². The zero-order chi connectivity index (χ0) is 27.4. The molecule has 0 atom stereocenters. The second-order valence-electron chi connectivity index (χ2n) is 9.29. The van der Waals surface area contributed by atoms with Crippen LogP contribution in [0.15, 0.2) is 71.6 Å². The Bertz CT molecular complexity index is 1520. The van der Waals surface area contributed by atoms with Crippen LogP contribution in [0.25, 0.3) is 10.2 Å². The second-order valence-corrected chi connectivity index (χ2v) is 12.3. The van der Waals surface area contributed by atoms with Crippen LogP contribution in [0.5, 0.6) is 5.75 Å². The summed E-state index contributed by atoms with van der Waals surface area (Å²) in [5.74, 6) is 0.409. The smallest absolute Gasteiger partial charge is 0.260 e. The third-order valence-electron chi connectivity index (χ3n) is 6.22. The molecule has 0 saturated heterocycles. The molecule has 208 valence electrons. The van der Waals surface area contributed by atoms with Gasteiger partial charge in [0.1, 0.15) is 11.3 Å². The Kier molecular flexibility index (Phi) is 10.1. The first-order valence-electron chi connectivity index (χ1n) is 12.1. The SMILES string of the molecule is COc1ccc(C)c2sc(N(CCN(C)C)C(=O)c3ccc(S(=O)(=O)N(C)Cc4ccccc4)cc3)nc12.Cl. The molecule has 3 aromatic carbocycles. The number of hydrogen-bond donors (Lipinski definition) is 0. The molecule has 0 saturated carbocycles. The molecule has 0 radical (unpaired) electrons. The van der Waals surface area contributed by atoms with E-state index >= 15 is 0 Å². The van der Waals surface area contributed by atoms with E-state index in [4.69, 9.17) is 9.72 Å². The lowest BCUT2D eigenvalue weighted by atomic mass is 10.2. The average Bonchev–Trinajstić information content (AvgIpc) is 3.35. The number of amides is 1. The minimum Gasteiger partial charge on any atom is -0.494 e. The van der Waals surface area contributed by atoms with Gasteiger partial charge in [-0.2, -0.15) is 4.31 Å². The molecule has 1 amide bonds. The molecule has 0 fully saturated rings. The molecule has 0 bridgehead atoms. The third kappa shape index (κ3) is 6.77. The first kappa shape index (κ1) is 30.5. The molecule has 1 aromatic heterocycles. The van der Waals surface area contributed by atoms with E-state index in [0.29, 0.717) is 29.5 Å². The van der Waals surface area contributed by atoms with Gasteiger partial charge >= 0.3 is 0 Å². The van der Waals surface area contributed by atoms with Gasteiger partial charge < -0.3 is 9.64 Å². The van der Waals surface area contributed by atoms with Crippen molar-refractivity contribution in [2.24, 2.45) is 0 Å². The molecular formula is C28H33ClN4O4S2. The Balaban J connectivity index is 0.00000420. The topological polar surface area (TPSA) is 83.0 Å². The Morgan fingerprint density at radius 1 is 0.949 bits per heavy atom. The fraction of sp³-hybridized carbons (Fsp3) is 0.286. The molecule has 0 spiro atoms. The van der Waals surface area contributed by atoms with Crippen LogP contribution in [0.2, 0.25) is 0 Å². The number of likely N-dealkylation sites (N-methyl/N-ethyl adjacent to an activating group) is 1. The van der Waals surface area contributed by atoms with Gasteiger partial charge in [-0.05, 0) is 62.5 Å². The van der Waals surface area contributed by atoms with Gasteiger partial charge in [0.05, 0.1) is 16.7 Å².